The maximum Gasteiger partial charge on any atom is 0.261 e. The Balaban J connectivity index is 1.39. The van der Waals surface area contributed by atoms with E-state index in [2.05, 4.69) is 15.5 Å². The standard InChI is InChI=1S/C16H13N5O3S/c22-14-12-5-1-2-6-13(12)15(23)20(14)7-9-25-16-17-18-19-21(16)10-11-4-3-8-24-11/h1-6,8H,7,9-10H2. The summed E-state index contributed by atoms with van der Waals surface area (Å²) in [6, 6.07) is 10.5. The number of thioether (sulfide) groups is 1. The van der Waals surface area contributed by atoms with Crippen LogP contribution in [0.4, 0.5) is 0 Å². The first-order valence-electron chi connectivity index (χ1n) is 7.60. The van der Waals surface area contributed by atoms with Crippen LogP contribution in [0.15, 0.2) is 52.2 Å². The Morgan fingerprint density at radius 1 is 1.04 bits per heavy atom. The van der Waals surface area contributed by atoms with Crippen molar-refractivity contribution in [1.82, 2.24) is 25.1 Å². The number of benzene rings is 1. The van der Waals surface area contributed by atoms with Gasteiger partial charge >= 0.3 is 0 Å². The molecule has 9 heteroatoms. The highest BCUT2D eigenvalue weighted by molar-refractivity contribution is 7.99. The van der Waals surface area contributed by atoms with Crippen LogP contribution in [0, 0.1) is 0 Å². The van der Waals surface area contributed by atoms with Crippen LogP contribution < -0.4 is 0 Å². The van der Waals surface area contributed by atoms with E-state index in [0.29, 0.717) is 35.1 Å². The summed E-state index contributed by atoms with van der Waals surface area (Å²) in [4.78, 5) is 25.9. The Bertz CT molecular complexity index is 887. The normalized spacial score (nSPS) is 13.5. The molecule has 0 atom stereocenters. The molecule has 0 bridgehead atoms. The Morgan fingerprint density at radius 3 is 2.48 bits per heavy atom. The zero-order chi connectivity index (χ0) is 17.2. The minimum absolute atomic E-state index is 0.253. The Hall–Kier alpha value is -2.94. The lowest BCUT2D eigenvalue weighted by atomic mass is 10.1. The van der Waals surface area contributed by atoms with Crippen molar-refractivity contribution in [2.24, 2.45) is 0 Å². The van der Waals surface area contributed by atoms with E-state index in [0.717, 1.165) is 5.76 Å². The van der Waals surface area contributed by atoms with Crippen molar-refractivity contribution in [3.63, 3.8) is 0 Å². The quantitative estimate of drug-likeness (QED) is 0.491. The van der Waals surface area contributed by atoms with Crippen molar-refractivity contribution in [3.05, 3.63) is 59.5 Å². The van der Waals surface area contributed by atoms with Gasteiger partial charge in [0.2, 0.25) is 5.16 Å². The summed E-state index contributed by atoms with van der Waals surface area (Å²) in [5.41, 5.74) is 0.917. The fourth-order valence-electron chi connectivity index (χ4n) is 2.62. The monoisotopic (exact) mass is 355 g/mol. The Labute approximate surface area is 146 Å². The largest absolute Gasteiger partial charge is 0.467 e. The predicted octanol–water partition coefficient (Wildman–Crippen LogP) is 1.70. The SMILES string of the molecule is O=C1c2ccccc2C(=O)N1CCSc1nnnn1Cc1ccco1. The van der Waals surface area contributed by atoms with E-state index < -0.39 is 0 Å². The molecule has 0 radical (unpaired) electrons. The van der Waals surface area contributed by atoms with Crippen molar-refractivity contribution < 1.29 is 14.0 Å². The van der Waals surface area contributed by atoms with E-state index in [9.17, 15) is 9.59 Å². The van der Waals surface area contributed by atoms with Gasteiger partial charge in [0.1, 0.15) is 12.3 Å². The number of fused-ring (bicyclic) bond motifs is 1. The number of hydrogen-bond donors (Lipinski definition) is 0. The summed E-state index contributed by atoms with van der Waals surface area (Å²) in [7, 11) is 0. The summed E-state index contributed by atoms with van der Waals surface area (Å²) >= 11 is 1.38. The zero-order valence-corrected chi connectivity index (χ0v) is 13.8. The van der Waals surface area contributed by atoms with E-state index >= 15 is 0 Å². The van der Waals surface area contributed by atoms with Gasteiger partial charge in [-0.15, -0.1) is 5.10 Å². The van der Waals surface area contributed by atoms with Crippen LogP contribution in [-0.2, 0) is 6.54 Å². The number of hydrogen-bond acceptors (Lipinski definition) is 7. The van der Waals surface area contributed by atoms with Gasteiger partial charge in [-0.25, -0.2) is 4.68 Å². The lowest BCUT2D eigenvalue weighted by Gasteiger charge is -2.12. The van der Waals surface area contributed by atoms with Gasteiger partial charge in [-0.3, -0.25) is 14.5 Å². The molecule has 0 aliphatic carbocycles. The number of amides is 2. The second-order valence-electron chi connectivity index (χ2n) is 5.35. The molecule has 1 aliphatic rings. The third kappa shape index (κ3) is 2.93. The molecule has 2 amide bonds. The second kappa shape index (κ2) is 6.52. The maximum absolute atomic E-state index is 12.3. The van der Waals surface area contributed by atoms with Gasteiger partial charge in [-0.2, -0.15) is 0 Å². The van der Waals surface area contributed by atoms with Crippen LogP contribution in [0.2, 0.25) is 0 Å². The molecule has 1 aliphatic heterocycles. The number of imide groups is 1. The molecule has 0 saturated carbocycles. The second-order valence-corrected chi connectivity index (χ2v) is 6.42. The molecule has 0 fully saturated rings. The van der Waals surface area contributed by atoms with Crippen LogP contribution in [0.3, 0.4) is 0 Å². The van der Waals surface area contributed by atoms with Gasteiger partial charge in [-0.1, -0.05) is 23.9 Å². The Morgan fingerprint density at radius 2 is 1.80 bits per heavy atom. The highest BCUT2D eigenvalue weighted by Gasteiger charge is 2.34. The third-order valence-corrected chi connectivity index (χ3v) is 4.75. The van der Waals surface area contributed by atoms with Crippen molar-refractivity contribution in [3.8, 4) is 0 Å². The Kier molecular flexibility index (Phi) is 4.06. The van der Waals surface area contributed by atoms with E-state index in [4.69, 9.17) is 4.42 Å². The van der Waals surface area contributed by atoms with Crippen molar-refractivity contribution in [1.29, 1.82) is 0 Å². The van der Waals surface area contributed by atoms with Gasteiger partial charge in [0.15, 0.2) is 0 Å². The molecule has 2 aromatic heterocycles. The van der Waals surface area contributed by atoms with Crippen molar-refractivity contribution >= 4 is 23.6 Å². The van der Waals surface area contributed by atoms with Gasteiger partial charge < -0.3 is 4.42 Å². The maximum atomic E-state index is 12.3. The minimum atomic E-state index is -0.253. The molecule has 4 rings (SSSR count). The molecule has 1 aromatic carbocycles. The fraction of sp³-hybridized carbons (Fsp3) is 0.188. The number of aromatic nitrogens is 4. The highest BCUT2D eigenvalue weighted by atomic mass is 32.2. The van der Waals surface area contributed by atoms with Crippen LogP contribution >= 0.6 is 11.8 Å². The number of carbonyl (C=O) groups is 2. The van der Waals surface area contributed by atoms with E-state index in [1.807, 2.05) is 6.07 Å². The van der Waals surface area contributed by atoms with E-state index in [1.165, 1.54) is 16.7 Å². The molecular weight excluding hydrogens is 342 g/mol. The average Bonchev–Trinajstić information content (AvgIpc) is 3.34. The molecule has 0 saturated heterocycles. The number of carbonyl (C=O) groups excluding carboxylic acids is 2. The predicted molar refractivity (Wildman–Crippen MR) is 88.2 cm³/mol. The van der Waals surface area contributed by atoms with Gasteiger partial charge in [-0.05, 0) is 34.7 Å². The first kappa shape index (κ1) is 15.6. The van der Waals surface area contributed by atoms with Crippen LogP contribution in [0.25, 0.3) is 0 Å². The number of furan rings is 1. The summed E-state index contributed by atoms with van der Waals surface area (Å²) in [5, 5.41) is 12.2. The summed E-state index contributed by atoms with van der Waals surface area (Å²) in [5.74, 6) is 0.742. The molecule has 0 unspecified atom stereocenters. The minimum Gasteiger partial charge on any atom is -0.467 e. The van der Waals surface area contributed by atoms with Crippen molar-refractivity contribution in [2.75, 3.05) is 12.3 Å². The molecular formula is C16H13N5O3S. The summed E-state index contributed by atoms with van der Waals surface area (Å²) in [6.07, 6.45) is 1.59. The molecule has 3 aromatic rings. The molecule has 25 heavy (non-hydrogen) atoms. The average molecular weight is 355 g/mol. The molecule has 0 N–H and O–H groups in total. The summed E-state index contributed by atoms with van der Waals surface area (Å²) in [6.45, 7) is 0.722. The molecule has 126 valence electrons. The molecule has 3 heterocycles. The van der Waals surface area contributed by atoms with Gasteiger partial charge in [0.05, 0.1) is 17.4 Å². The van der Waals surface area contributed by atoms with Crippen LogP contribution in [0.5, 0.6) is 0 Å². The highest BCUT2D eigenvalue weighted by Crippen LogP contribution is 2.23. The van der Waals surface area contributed by atoms with Crippen molar-refractivity contribution in [2.45, 2.75) is 11.7 Å². The van der Waals surface area contributed by atoms with Crippen LogP contribution in [-0.4, -0.2) is 49.2 Å². The van der Waals surface area contributed by atoms with Gasteiger partial charge in [0.25, 0.3) is 11.8 Å². The third-order valence-electron chi connectivity index (χ3n) is 3.81. The smallest absolute Gasteiger partial charge is 0.261 e. The number of rotatable bonds is 6. The molecule has 8 nitrogen and oxygen atoms in total. The molecule has 0 spiro atoms. The zero-order valence-electron chi connectivity index (χ0n) is 13.0. The lowest BCUT2D eigenvalue weighted by Crippen LogP contribution is -2.31. The lowest BCUT2D eigenvalue weighted by molar-refractivity contribution is 0.0664. The first-order valence-corrected chi connectivity index (χ1v) is 8.59. The van der Waals surface area contributed by atoms with Crippen LogP contribution in [0.1, 0.15) is 26.5 Å². The van der Waals surface area contributed by atoms with Gasteiger partial charge in [0, 0.05) is 12.3 Å². The van der Waals surface area contributed by atoms with E-state index in [1.54, 1.807) is 41.3 Å². The fourth-order valence-corrected chi connectivity index (χ4v) is 3.42. The van der Waals surface area contributed by atoms with E-state index in [-0.39, 0.29) is 11.8 Å². The first-order chi connectivity index (χ1) is 12.2. The number of nitrogens with zero attached hydrogens (tertiary/aromatic N) is 5. The topological polar surface area (TPSA) is 94.1 Å². The summed E-state index contributed by atoms with van der Waals surface area (Å²) < 4.78 is 6.91. The number of tetrazole rings is 1.